The summed E-state index contributed by atoms with van der Waals surface area (Å²) in [6.45, 7) is 2.77. The largest absolute Gasteiger partial charge is 0.487 e. The topological polar surface area (TPSA) is 50.7 Å². The van der Waals surface area contributed by atoms with Crippen LogP contribution in [0.5, 0.6) is 5.75 Å². The van der Waals surface area contributed by atoms with Gasteiger partial charge in [0.05, 0.1) is 13.4 Å². The predicted octanol–water partition coefficient (Wildman–Crippen LogP) is 6.90. The van der Waals surface area contributed by atoms with Crippen molar-refractivity contribution in [1.82, 2.24) is 5.43 Å². The Balaban J connectivity index is 1.23. The summed E-state index contributed by atoms with van der Waals surface area (Å²) in [5.74, 6) is 1.61. The fraction of sp³-hybridized carbons (Fsp3) is 0.333. The minimum Gasteiger partial charge on any atom is -0.487 e. The molecule has 0 aromatic heterocycles. The lowest BCUT2D eigenvalue weighted by Crippen LogP contribution is -2.22. The van der Waals surface area contributed by atoms with Crippen LogP contribution in [0.2, 0.25) is 0 Å². The first kappa shape index (κ1) is 23.1. The standard InChI is InChI=1S/C27H26I2N2O2/c1-27-12-5-4-11-21(27)24(27)26(32)31-30-15-17-13-22(28)25(23(29)14-17)33-16-19-9-6-8-18-7-2-3-10-20(18)19/h2-3,6-10,13-15,21,24H,4-5,11-12,16H2,1H3,(H,31,32)/b30-15-/t21-,24+,27+/m1/s1. The second-order valence-electron chi connectivity index (χ2n) is 9.31. The van der Waals surface area contributed by atoms with E-state index in [1.165, 1.54) is 35.6 Å². The molecular weight excluding hydrogens is 638 g/mol. The zero-order valence-corrected chi connectivity index (χ0v) is 22.8. The summed E-state index contributed by atoms with van der Waals surface area (Å²) in [4.78, 5) is 12.6. The van der Waals surface area contributed by atoms with Gasteiger partial charge in [0.15, 0.2) is 0 Å². The summed E-state index contributed by atoms with van der Waals surface area (Å²) < 4.78 is 8.28. The molecule has 1 N–H and O–H groups in total. The maximum atomic E-state index is 12.6. The minimum absolute atomic E-state index is 0.0695. The summed E-state index contributed by atoms with van der Waals surface area (Å²) in [5, 5.41) is 6.69. The minimum atomic E-state index is 0.0695. The van der Waals surface area contributed by atoms with Gasteiger partial charge in [0.1, 0.15) is 12.4 Å². The van der Waals surface area contributed by atoms with Crippen molar-refractivity contribution in [3.63, 3.8) is 0 Å². The van der Waals surface area contributed by atoms with E-state index in [-0.39, 0.29) is 17.2 Å². The molecule has 5 rings (SSSR count). The maximum absolute atomic E-state index is 12.6. The van der Waals surface area contributed by atoms with Crippen LogP contribution in [0.4, 0.5) is 0 Å². The summed E-state index contributed by atoms with van der Waals surface area (Å²) in [6.07, 6.45) is 6.56. The number of carbonyl (C=O) groups excluding carboxylic acids is 1. The van der Waals surface area contributed by atoms with E-state index in [0.717, 1.165) is 24.9 Å². The van der Waals surface area contributed by atoms with E-state index in [0.29, 0.717) is 12.5 Å². The van der Waals surface area contributed by atoms with Crippen LogP contribution in [0.3, 0.4) is 0 Å². The maximum Gasteiger partial charge on any atom is 0.244 e. The van der Waals surface area contributed by atoms with Crippen LogP contribution < -0.4 is 10.2 Å². The van der Waals surface area contributed by atoms with Gasteiger partial charge in [-0.1, -0.05) is 62.2 Å². The lowest BCUT2D eigenvalue weighted by atomic mass is 9.90. The number of halogens is 2. The number of rotatable bonds is 6. The number of benzene rings is 3. The molecule has 0 unspecified atom stereocenters. The van der Waals surface area contributed by atoms with Crippen molar-refractivity contribution >= 4 is 68.1 Å². The summed E-state index contributed by atoms with van der Waals surface area (Å²) in [6, 6.07) is 18.7. The first-order chi connectivity index (χ1) is 16.0. The third-order valence-corrected chi connectivity index (χ3v) is 8.88. The molecule has 2 aliphatic rings. The molecule has 3 aromatic carbocycles. The number of nitrogens with zero attached hydrogens (tertiary/aromatic N) is 1. The SMILES string of the molecule is C[C@]12CCCC[C@@H]1[C@H]2C(=O)N/N=C\c1cc(I)c(OCc2cccc3ccccc23)c(I)c1. The Kier molecular flexibility index (Phi) is 6.66. The molecular formula is C27H26I2N2O2. The van der Waals surface area contributed by atoms with Crippen molar-refractivity contribution in [3.05, 3.63) is 72.9 Å². The van der Waals surface area contributed by atoms with E-state index < -0.39 is 0 Å². The molecule has 0 spiro atoms. The summed E-state index contributed by atoms with van der Waals surface area (Å²) in [7, 11) is 0. The number of fused-ring (bicyclic) bond motifs is 2. The fourth-order valence-corrected chi connectivity index (χ4v) is 7.58. The van der Waals surface area contributed by atoms with Crippen LogP contribution in [0, 0.1) is 24.4 Å². The van der Waals surface area contributed by atoms with Crippen molar-refractivity contribution in [1.29, 1.82) is 0 Å². The van der Waals surface area contributed by atoms with Gasteiger partial charge in [-0.3, -0.25) is 4.79 Å². The molecule has 0 saturated heterocycles. The molecule has 0 bridgehead atoms. The quantitative estimate of drug-likeness (QED) is 0.177. The molecule has 3 aromatic rings. The number of ether oxygens (including phenoxy) is 1. The second kappa shape index (κ2) is 9.52. The molecule has 0 radical (unpaired) electrons. The zero-order valence-electron chi connectivity index (χ0n) is 18.5. The molecule has 33 heavy (non-hydrogen) atoms. The molecule has 1 amide bonds. The lowest BCUT2D eigenvalue weighted by molar-refractivity contribution is -0.123. The van der Waals surface area contributed by atoms with Crippen molar-refractivity contribution in [2.24, 2.45) is 22.4 Å². The third kappa shape index (κ3) is 4.65. The Hall–Kier alpha value is -1.68. The van der Waals surface area contributed by atoms with Crippen molar-refractivity contribution in [2.45, 2.75) is 39.2 Å². The highest BCUT2D eigenvalue weighted by molar-refractivity contribution is 14.1. The van der Waals surface area contributed by atoms with E-state index in [1.807, 2.05) is 12.1 Å². The smallest absolute Gasteiger partial charge is 0.244 e. The summed E-state index contributed by atoms with van der Waals surface area (Å²) in [5.41, 5.74) is 5.10. The van der Waals surface area contributed by atoms with Gasteiger partial charge in [-0.05, 0) is 103 Å². The van der Waals surface area contributed by atoms with Crippen LogP contribution in [-0.4, -0.2) is 12.1 Å². The van der Waals surface area contributed by atoms with Crippen LogP contribution in [0.25, 0.3) is 10.8 Å². The number of nitrogens with one attached hydrogen (secondary N) is 1. The Morgan fingerprint density at radius 2 is 1.91 bits per heavy atom. The van der Waals surface area contributed by atoms with Gasteiger partial charge in [0, 0.05) is 5.92 Å². The van der Waals surface area contributed by atoms with Crippen molar-refractivity contribution < 1.29 is 9.53 Å². The number of hydrogen-bond donors (Lipinski definition) is 1. The first-order valence-electron chi connectivity index (χ1n) is 11.4. The van der Waals surface area contributed by atoms with E-state index in [2.05, 4.69) is 105 Å². The predicted molar refractivity (Wildman–Crippen MR) is 149 cm³/mol. The molecule has 0 heterocycles. The van der Waals surface area contributed by atoms with Gasteiger partial charge in [0.2, 0.25) is 5.91 Å². The van der Waals surface area contributed by atoms with Crippen LogP contribution in [-0.2, 0) is 11.4 Å². The number of amides is 1. The van der Waals surface area contributed by atoms with E-state index >= 15 is 0 Å². The van der Waals surface area contributed by atoms with Gasteiger partial charge < -0.3 is 4.74 Å². The molecule has 2 fully saturated rings. The molecule has 3 atom stereocenters. The Morgan fingerprint density at radius 3 is 2.67 bits per heavy atom. The molecule has 2 saturated carbocycles. The van der Waals surface area contributed by atoms with Gasteiger partial charge in [-0.15, -0.1) is 0 Å². The highest BCUT2D eigenvalue weighted by atomic mass is 127. The fourth-order valence-electron chi connectivity index (χ4n) is 5.45. The highest BCUT2D eigenvalue weighted by Gasteiger charge is 2.64. The van der Waals surface area contributed by atoms with Gasteiger partial charge in [0.25, 0.3) is 0 Å². The Morgan fingerprint density at radius 1 is 1.15 bits per heavy atom. The number of hydrazone groups is 1. The number of hydrogen-bond acceptors (Lipinski definition) is 3. The zero-order chi connectivity index (χ0) is 23.0. The average molecular weight is 664 g/mol. The van der Waals surface area contributed by atoms with Gasteiger partial charge in [-0.2, -0.15) is 5.10 Å². The lowest BCUT2D eigenvalue weighted by Gasteiger charge is -2.15. The van der Waals surface area contributed by atoms with Crippen LogP contribution in [0.15, 0.2) is 59.7 Å². The first-order valence-corrected chi connectivity index (χ1v) is 13.5. The normalized spacial score (nSPS) is 24.0. The van der Waals surface area contributed by atoms with Gasteiger partial charge >= 0.3 is 0 Å². The van der Waals surface area contributed by atoms with E-state index in [9.17, 15) is 4.79 Å². The van der Waals surface area contributed by atoms with Crippen molar-refractivity contribution in [3.8, 4) is 5.75 Å². The molecule has 0 aliphatic heterocycles. The average Bonchev–Trinajstić information content (AvgIpc) is 3.44. The van der Waals surface area contributed by atoms with E-state index in [1.54, 1.807) is 6.21 Å². The number of carbonyl (C=O) groups is 1. The highest BCUT2D eigenvalue weighted by Crippen LogP contribution is 2.66. The molecule has 170 valence electrons. The Bertz CT molecular complexity index is 1210. The molecule has 6 heteroatoms. The second-order valence-corrected chi connectivity index (χ2v) is 11.6. The summed E-state index contributed by atoms with van der Waals surface area (Å²) >= 11 is 4.61. The Labute approximate surface area is 221 Å². The third-order valence-electron chi connectivity index (χ3n) is 7.27. The van der Waals surface area contributed by atoms with Gasteiger partial charge in [-0.25, -0.2) is 5.43 Å². The monoisotopic (exact) mass is 664 g/mol. The van der Waals surface area contributed by atoms with Crippen LogP contribution >= 0.6 is 45.2 Å². The van der Waals surface area contributed by atoms with Crippen molar-refractivity contribution in [2.75, 3.05) is 0 Å². The molecule has 4 nitrogen and oxygen atoms in total. The molecule has 2 aliphatic carbocycles. The van der Waals surface area contributed by atoms with Crippen LogP contribution in [0.1, 0.15) is 43.7 Å². The van der Waals surface area contributed by atoms with E-state index in [4.69, 9.17) is 4.74 Å².